The van der Waals surface area contributed by atoms with Crippen LogP contribution in [0.4, 0.5) is 9.59 Å². The van der Waals surface area contributed by atoms with Gasteiger partial charge in [0.15, 0.2) is 0 Å². The minimum Gasteiger partial charge on any atom is -0.453 e. The highest BCUT2D eigenvalue weighted by Gasteiger charge is 2.39. The molecule has 0 bridgehead atoms. The fourth-order valence-corrected chi connectivity index (χ4v) is 9.15. The molecule has 298 valence electrons. The Balaban J connectivity index is 1.06. The lowest BCUT2D eigenvalue weighted by molar-refractivity contribution is -0.136. The Morgan fingerprint density at radius 1 is 0.684 bits per heavy atom. The molecule has 17 heteroatoms. The summed E-state index contributed by atoms with van der Waals surface area (Å²) in [5.41, 5.74) is 5.57. The van der Waals surface area contributed by atoms with Crippen LogP contribution in [0.25, 0.3) is 53.9 Å². The van der Waals surface area contributed by atoms with Crippen LogP contribution in [-0.4, -0.2) is 103 Å². The number of aromatic amines is 2. The minimum absolute atomic E-state index is 0.127. The molecular formula is C40H46N10O6S. The molecule has 0 unspecified atom stereocenters. The van der Waals surface area contributed by atoms with Crippen molar-refractivity contribution >= 4 is 78.5 Å². The average Bonchev–Trinajstić information content (AvgIpc) is 4.05. The molecule has 0 aliphatic carbocycles. The summed E-state index contributed by atoms with van der Waals surface area (Å²) < 4.78 is 10.5. The van der Waals surface area contributed by atoms with Gasteiger partial charge < -0.3 is 39.9 Å². The average molecular weight is 795 g/mol. The number of nitrogens with one attached hydrogen (secondary N) is 4. The van der Waals surface area contributed by atoms with Crippen molar-refractivity contribution in [1.29, 1.82) is 0 Å². The monoisotopic (exact) mass is 794 g/mol. The van der Waals surface area contributed by atoms with E-state index in [4.69, 9.17) is 29.4 Å². The van der Waals surface area contributed by atoms with E-state index in [0.717, 1.165) is 79.6 Å². The lowest BCUT2D eigenvalue weighted by Gasteiger charge is -2.29. The van der Waals surface area contributed by atoms with E-state index < -0.39 is 24.3 Å². The van der Waals surface area contributed by atoms with Crippen molar-refractivity contribution in [2.75, 3.05) is 27.3 Å². The van der Waals surface area contributed by atoms with E-state index in [1.807, 2.05) is 69.0 Å². The summed E-state index contributed by atoms with van der Waals surface area (Å²) in [5.74, 6) is 0.832. The first kappa shape index (κ1) is 38.1. The fraction of sp³-hybridized carbons (Fsp3) is 0.450. The van der Waals surface area contributed by atoms with E-state index in [0.29, 0.717) is 24.7 Å². The number of rotatable bonds is 9. The Hall–Kier alpha value is -5.84. The summed E-state index contributed by atoms with van der Waals surface area (Å²) in [6.07, 6.45) is 1.88. The Labute approximate surface area is 332 Å². The standard InChI is InChI=1S/C40H46N10O6S/c1-19(2)29(47-39(53)55-5)37(51)49-17-7-9-27(49)34-42-23-14-13-22-21(31(23)45-34)11-12-26(41-22)36-44-25-16-15-24-32(33(25)57-36)46-35(43-24)28-10-8-18-50(28)38(52)30(20(3)4)48-40(54)56-6/h11-16,19-20,27-30H,7-10,17-18H2,1-6H3,(H,42,45)(H,43,46)(H,47,53)(H,48,54)/t27-,28-,29-,30-/m0/s1. The topological polar surface area (TPSA) is 200 Å². The summed E-state index contributed by atoms with van der Waals surface area (Å²) in [7, 11) is 2.57. The van der Waals surface area contributed by atoms with Gasteiger partial charge in [0.25, 0.3) is 0 Å². The van der Waals surface area contributed by atoms with E-state index in [-0.39, 0.29) is 35.7 Å². The number of alkyl carbamates (subject to hydrolysis) is 2. The number of carbonyl (C=O) groups excluding carboxylic acids is 4. The van der Waals surface area contributed by atoms with Crippen LogP contribution >= 0.6 is 11.3 Å². The molecule has 16 nitrogen and oxygen atoms in total. The van der Waals surface area contributed by atoms with Crippen molar-refractivity contribution in [3.05, 3.63) is 48.0 Å². The van der Waals surface area contributed by atoms with E-state index in [9.17, 15) is 19.2 Å². The molecule has 4 N–H and O–H groups in total. The quantitative estimate of drug-likeness (QED) is 0.128. The number of H-pyrrole nitrogens is 2. The van der Waals surface area contributed by atoms with Crippen molar-refractivity contribution in [2.24, 2.45) is 11.8 Å². The van der Waals surface area contributed by atoms with Crippen LogP contribution in [0.1, 0.15) is 77.1 Å². The van der Waals surface area contributed by atoms with Gasteiger partial charge in [0.1, 0.15) is 28.7 Å². The lowest BCUT2D eigenvalue weighted by Crippen LogP contribution is -2.51. The van der Waals surface area contributed by atoms with Crippen molar-refractivity contribution in [1.82, 2.24) is 50.3 Å². The summed E-state index contributed by atoms with van der Waals surface area (Å²) in [4.78, 5) is 82.0. The first-order valence-corrected chi connectivity index (χ1v) is 20.2. The van der Waals surface area contributed by atoms with Gasteiger partial charge in [-0.1, -0.05) is 27.7 Å². The highest BCUT2D eigenvalue weighted by atomic mass is 32.1. The predicted molar refractivity (Wildman–Crippen MR) is 215 cm³/mol. The largest absolute Gasteiger partial charge is 0.453 e. The van der Waals surface area contributed by atoms with Crippen LogP contribution in [0.15, 0.2) is 36.4 Å². The number of ether oxygens (including phenoxy) is 2. The Bertz CT molecular complexity index is 2530. The first-order valence-electron chi connectivity index (χ1n) is 19.3. The Kier molecular flexibility index (Phi) is 10.2. The number of likely N-dealkylation sites (tertiary alicyclic amines) is 2. The van der Waals surface area contributed by atoms with E-state index in [1.54, 1.807) is 4.90 Å². The molecule has 2 saturated heterocycles. The van der Waals surface area contributed by atoms with Gasteiger partial charge in [0.2, 0.25) is 11.8 Å². The van der Waals surface area contributed by atoms with E-state index in [1.165, 1.54) is 25.6 Å². The minimum atomic E-state index is -0.715. The van der Waals surface area contributed by atoms with E-state index in [2.05, 4.69) is 20.6 Å². The molecule has 2 fully saturated rings. The van der Waals surface area contributed by atoms with Crippen molar-refractivity contribution < 1.29 is 28.7 Å². The molecule has 4 atom stereocenters. The number of aromatic nitrogens is 6. The second-order valence-corrected chi connectivity index (χ2v) is 16.4. The number of hydrogen-bond donors (Lipinski definition) is 4. The zero-order valence-corrected chi connectivity index (χ0v) is 33.5. The molecule has 0 spiro atoms. The molecule has 2 aliphatic heterocycles. The summed E-state index contributed by atoms with van der Waals surface area (Å²) in [6, 6.07) is 9.82. The number of nitrogens with zero attached hydrogens (tertiary/aromatic N) is 6. The lowest BCUT2D eigenvalue weighted by atomic mass is 10.0. The molecule has 6 heterocycles. The van der Waals surface area contributed by atoms with Crippen molar-refractivity contribution in [3.8, 4) is 10.7 Å². The van der Waals surface area contributed by atoms with Crippen LogP contribution in [0, 0.1) is 11.8 Å². The van der Waals surface area contributed by atoms with E-state index >= 15 is 0 Å². The number of thiazole rings is 1. The number of methoxy groups -OCH3 is 2. The predicted octanol–water partition coefficient (Wildman–Crippen LogP) is 6.35. The number of imidazole rings is 2. The van der Waals surface area contributed by atoms with Crippen LogP contribution in [0.5, 0.6) is 0 Å². The highest BCUT2D eigenvalue weighted by Crippen LogP contribution is 2.39. The molecule has 2 aromatic carbocycles. The van der Waals surface area contributed by atoms with Gasteiger partial charge in [-0.3, -0.25) is 9.59 Å². The molecular weight excluding hydrogens is 749 g/mol. The second kappa shape index (κ2) is 15.2. The van der Waals surface area contributed by atoms with Crippen molar-refractivity contribution in [3.63, 3.8) is 0 Å². The maximum absolute atomic E-state index is 13.7. The molecule has 0 saturated carbocycles. The number of carbonyl (C=O) groups is 4. The number of benzene rings is 2. The first-order chi connectivity index (χ1) is 27.4. The molecule has 2 aliphatic rings. The highest BCUT2D eigenvalue weighted by molar-refractivity contribution is 7.22. The third-order valence-corrected chi connectivity index (χ3v) is 12.2. The van der Waals surface area contributed by atoms with Gasteiger partial charge in [0.05, 0.1) is 69.8 Å². The number of fused-ring (bicyclic) bond motifs is 6. The zero-order chi connectivity index (χ0) is 40.1. The van der Waals surface area contributed by atoms with Crippen LogP contribution in [0.3, 0.4) is 0 Å². The summed E-state index contributed by atoms with van der Waals surface area (Å²) in [6.45, 7) is 8.73. The van der Waals surface area contributed by atoms with Gasteiger partial charge in [-0.15, -0.1) is 11.3 Å². The Morgan fingerprint density at radius 2 is 1.19 bits per heavy atom. The van der Waals surface area contributed by atoms with Crippen LogP contribution < -0.4 is 10.6 Å². The Morgan fingerprint density at radius 3 is 1.74 bits per heavy atom. The third-order valence-electron chi connectivity index (χ3n) is 11.1. The third kappa shape index (κ3) is 6.97. The number of hydrogen-bond acceptors (Lipinski definition) is 11. The number of pyridine rings is 1. The fourth-order valence-electron chi connectivity index (χ4n) is 8.11. The van der Waals surface area contributed by atoms with Crippen LogP contribution in [-0.2, 0) is 19.1 Å². The normalized spacial score (nSPS) is 18.3. The van der Waals surface area contributed by atoms with Gasteiger partial charge in [-0.25, -0.2) is 29.5 Å². The number of amides is 4. The van der Waals surface area contributed by atoms with Gasteiger partial charge in [0, 0.05) is 18.5 Å². The molecule has 57 heavy (non-hydrogen) atoms. The van der Waals surface area contributed by atoms with Crippen molar-refractivity contribution in [2.45, 2.75) is 77.5 Å². The van der Waals surface area contributed by atoms with Gasteiger partial charge in [-0.2, -0.15) is 0 Å². The van der Waals surface area contributed by atoms with Gasteiger partial charge >= 0.3 is 12.2 Å². The SMILES string of the molecule is COC(=O)N[C@H](C(=O)N1CCC[C@H]1c1nc2ccc3nc(-c4nc5ccc6nc([C@@H]7CCCN7C(=O)[C@@H](NC(=O)OC)C(C)C)[nH]c6c5s4)ccc3c2[nH]1)C(C)C. The van der Waals surface area contributed by atoms with Gasteiger partial charge in [-0.05, 0) is 73.9 Å². The zero-order valence-electron chi connectivity index (χ0n) is 32.7. The molecule has 4 amide bonds. The molecule has 4 aromatic heterocycles. The maximum Gasteiger partial charge on any atom is 0.407 e. The maximum atomic E-state index is 13.7. The smallest absolute Gasteiger partial charge is 0.407 e. The second-order valence-electron chi connectivity index (χ2n) is 15.4. The molecule has 8 rings (SSSR count). The summed E-state index contributed by atoms with van der Waals surface area (Å²) in [5, 5.41) is 7.07. The molecule has 0 radical (unpaired) electrons. The summed E-state index contributed by atoms with van der Waals surface area (Å²) >= 11 is 1.53. The van der Waals surface area contributed by atoms with Crippen LogP contribution in [0.2, 0.25) is 0 Å². The molecule has 6 aromatic rings.